The van der Waals surface area contributed by atoms with Crippen LogP contribution in [0.3, 0.4) is 0 Å². The van der Waals surface area contributed by atoms with Gasteiger partial charge in [-0.05, 0) is 118 Å². The number of nitriles is 1. The molecule has 4 heteroatoms. The van der Waals surface area contributed by atoms with Crippen LogP contribution in [-0.4, -0.2) is 15.0 Å². The molecule has 0 amide bonds. The fraction of sp³-hybridized carbons (Fsp3) is 0.179. The van der Waals surface area contributed by atoms with Crippen LogP contribution in [0.2, 0.25) is 0 Å². The van der Waals surface area contributed by atoms with E-state index in [1.54, 1.807) is 0 Å². The summed E-state index contributed by atoms with van der Waals surface area (Å²) in [5, 5.41) is 9.17. The van der Waals surface area contributed by atoms with Gasteiger partial charge in [0.2, 0.25) is 0 Å². The van der Waals surface area contributed by atoms with Crippen molar-refractivity contribution in [1.82, 2.24) is 15.0 Å². The number of hydrogen-bond acceptors (Lipinski definition) is 4. The lowest BCUT2D eigenvalue weighted by atomic mass is 9.41. The zero-order chi connectivity index (χ0) is 40.1. The molecule has 7 aromatic carbocycles. The van der Waals surface area contributed by atoms with Crippen molar-refractivity contribution in [3.63, 3.8) is 0 Å². The van der Waals surface area contributed by atoms with Crippen LogP contribution < -0.4 is 0 Å². The predicted molar refractivity (Wildman–Crippen MR) is 242 cm³/mol. The molecule has 8 aromatic rings. The van der Waals surface area contributed by atoms with Crippen LogP contribution in [0.1, 0.15) is 55.2 Å². The Kier molecular flexibility index (Phi) is 8.85. The fourth-order valence-electron chi connectivity index (χ4n) is 11.3. The smallest absolute Gasteiger partial charge is 0.164 e. The summed E-state index contributed by atoms with van der Waals surface area (Å²) in [6, 6.07) is 67.0. The molecule has 1 heterocycles. The summed E-state index contributed by atoms with van der Waals surface area (Å²) in [6.45, 7) is 0. The number of hydrogen-bond donors (Lipinski definition) is 0. The van der Waals surface area contributed by atoms with Gasteiger partial charge >= 0.3 is 0 Å². The van der Waals surface area contributed by atoms with Crippen molar-refractivity contribution < 1.29 is 0 Å². The van der Waals surface area contributed by atoms with Crippen molar-refractivity contribution in [3.05, 3.63) is 199 Å². The van der Waals surface area contributed by atoms with E-state index >= 15 is 0 Å². The first-order chi connectivity index (χ1) is 29.5. The first kappa shape index (κ1) is 36.1. The Morgan fingerprint density at radius 3 is 1.02 bits per heavy atom. The molecule has 4 saturated carbocycles. The molecule has 4 nitrogen and oxygen atoms in total. The molecule has 0 saturated heterocycles. The van der Waals surface area contributed by atoms with Gasteiger partial charge in [-0.3, -0.25) is 0 Å². The van der Waals surface area contributed by atoms with Crippen molar-refractivity contribution in [2.75, 3.05) is 0 Å². The van der Waals surface area contributed by atoms with Crippen molar-refractivity contribution in [3.8, 4) is 73.6 Å². The number of rotatable bonds is 8. The lowest BCUT2D eigenvalue weighted by Gasteiger charge is -2.63. The summed E-state index contributed by atoms with van der Waals surface area (Å²) in [4.78, 5) is 14.7. The summed E-state index contributed by atoms with van der Waals surface area (Å²) in [5.41, 5.74) is 14.3. The van der Waals surface area contributed by atoms with Gasteiger partial charge in [0, 0.05) is 16.7 Å². The Labute approximate surface area is 352 Å². The summed E-state index contributed by atoms with van der Waals surface area (Å²) in [6.07, 6.45) is 7.88. The molecular weight excluding hydrogens is 729 g/mol. The van der Waals surface area contributed by atoms with Crippen LogP contribution in [0, 0.1) is 23.2 Å². The third-order valence-electron chi connectivity index (χ3n) is 13.8. The molecule has 0 spiro atoms. The third kappa shape index (κ3) is 6.61. The average Bonchev–Trinajstić information content (AvgIpc) is 3.32. The topological polar surface area (TPSA) is 62.5 Å². The molecule has 2 atom stereocenters. The maximum atomic E-state index is 9.17. The van der Waals surface area contributed by atoms with Gasteiger partial charge in [-0.15, -0.1) is 0 Å². The van der Waals surface area contributed by atoms with Gasteiger partial charge < -0.3 is 0 Å². The van der Waals surface area contributed by atoms with Crippen LogP contribution in [-0.2, 0) is 10.8 Å². The normalized spacial score (nSPS) is 21.4. The van der Waals surface area contributed by atoms with Crippen LogP contribution in [0.4, 0.5) is 0 Å². The van der Waals surface area contributed by atoms with E-state index in [0.717, 1.165) is 39.7 Å². The van der Waals surface area contributed by atoms with Crippen molar-refractivity contribution in [2.45, 2.75) is 49.4 Å². The molecule has 288 valence electrons. The van der Waals surface area contributed by atoms with Gasteiger partial charge in [-0.25, -0.2) is 15.0 Å². The van der Waals surface area contributed by atoms with E-state index in [1.807, 2.05) is 84.9 Å². The van der Waals surface area contributed by atoms with Gasteiger partial charge in [0.15, 0.2) is 17.5 Å². The minimum absolute atomic E-state index is 0.234. The van der Waals surface area contributed by atoms with E-state index in [1.165, 1.54) is 71.9 Å². The molecule has 2 unspecified atom stereocenters. The molecule has 0 radical (unpaired) electrons. The zero-order valence-corrected chi connectivity index (χ0v) is 33.5. The van der Waals surface area contributed by atoms with E-state index in [0.29, 0.717) is 23.0 Å². The molecule has 4 aliphatic carbocycles. The maximum absolute atomic E-state index is 9.17. The van der Waals surface area contributed by atoms with Crippen LogP contribution in [0.5, 0.6) is 0 Å². The van der Waals surface area contributed by atoms with E-state index in [-0.39, 0.29) is 10.8 Å². The Morgan fingerprint density at radius 2 is 0.667 bits per heavy atom. The summed E-state index contributed by atoms with van der Waals surface area (Å²) in [7, 11) is 0. The summed E-state index contributed by atoms with van der Waals surface area (Å²) in [5.74, 6) is 3.59. The third-order valence-corrected chi connectivity index (χ3v) is 13.8. The molecule has 12 rings (SSSR count). The highest BCUT2D eigenvalue weighted by molar-refractivity contribution is 5.72. The number of benzene rings is 7. The summed E-state index contributed by atoms with van der Waals surface area (Å²) < 4.78 is 0. The molecule has 4 bridgehead atoms. The number of nitrogens with zero attached hydrogens (tertiary/aromatic N) is 4. The van der Waals surface area contributed by atoms with Gasteiger partial charge in [-0.2, -0.15) is 5.26 Å². The highest BCUT2D eigenvalue weighted by Gasteiger charge is 2.58. The van der Waals surface area contributed by atoms with Gasteiger partial charge in [0.1, 0.15) is 0 Å². The molecular formula is C56H44N4. The van der Waals surface area contributed by atoms with Crippen LogP contribution in [0.25, 0.3) is 67.5 Å². The fourth-order valence-corrected chi connectivity index (χ4v) is 11.3. The second kappa shape index (κ2) is 14.7. The Morgan fingerprint density at radius 1 is 0.367 bits per heavy atom. The number of aromatic nitrogens is 3. The van der Waals surface area contributed by atoms with E-state index < -0.39 is 0 Å². The van der Waals surface area contributed by atoms with Crippen molar-refractivity contribution in [1.29, 1.82) is 5.26 Å². The first-order valence-corrected chi connectivity index (χ1v) is 21.3. The highest BCUT2D eigenvalue weighted by Crippen LogP contribution is 2.66. The first-order valence-electron chi connectivity index (χ1n) is 21.3. The van der Waals surface area contributed by atoms with E-state index in [9.17, 15) is 0 Å². The van der Waals surface area contributed by atoms with E-state index in [2.05, 4.69) is 103 Å². The molecule has 1 aromatic heterocycles. The molecule has 4 fully saturated rings. The minimum atomic E-state index is 0.234. The predicted octanol–water partition coefficient (Wildman–Crippen LogP) is 13.5. The van der Waals surface area contributed by atoms with Gasteiger partial charge in [0.25, 0.3) is 0 Å². The average molecular weight is 773 g/mol. The largest absolute Gasteiger partial charge is 0.208 e. The SMILES string of the molecule is N#Cc1ccc(-c2ccc(-c3ccc(C45CC6CC(C4)CC(c4ccc(-c7ccc(-c8nc(-c9ccccc9)nc(-c9ccccc9)n8)cc7)cc4)(C6)C5)cc3)cc2)cc1. The Hall–Kier alpha value is -6.96. The molecule has 60 heavy (non-hydrogen) atoms. The minimum Gasteiger partial charge on any atom is -0.208 e. The lowest BCUT2D eigenvalue weighted by Crippen LogP contribution is -2.55. The lowest BCUT2D eigenvalue weighted by molar-refractivity contribution is -0.0281. The highest BCUT2D eigenvalue weighted by atomic mass is 15.0. The monoisotopic (exact) mass is 772 g/mol. The second-order valence-corrected chi connectivity index (χ2v) is 17.6. The van der Waals surface area contributed by atoms with Crippen molar-refractivity contribution >= 4 is 0 Å². The van der Waals surface area contributed by atoms with Crippen LogP contribution in [0.15, 0.2) is 182 Å². The Bertz CT molecular complexity index is 2770. The second-order valence-electron chi connectivity index (χ2n) is 17.6. The molecule has 4 aliphatic rings. The molecule has 0 aliphatic heterocycles. The van der Waals surface area contributed by atoms with E-state index in [4.69, 9.17) is 20.2 Å². The maximum Gasteiger partial charge on any atom is 0.164 e. The van der Waals surface area contributed by atoms with Gasteiger partial charge in [0.05, 0.1) is 11.6 Å². The Balaban J connectivity index is 0.829. The summed E-state index contributed by atoms with van der Waals surface area (Å²) >= 11 is 0. The standard InChI is InChI=1S/C56H44N4/c57-36-38-11-13-41(14-12-38)42-15-17-43(18-16-42)45-23-27-50(28-24-45)55-32-39-31-40(33-55)35-56(34-39,37-55)51-29-25-46(26-30-51)44-19-21-49(22-20-44)54-59-52(47-7-3-1-4-8-47)58-53(60-54)48-9-5-2-6-10-48/h1-30,39-40H,31-35,37H2. The quantitative estimate of drug-likeness (QED) is 0.154. The van der Waals surface area contributed by atoms with Crippen LogP contribution >= 0.6 is 0 Å². The van der Waals surface area contributed by atoms with Crippen molar-refractivity contribution in [2.24, 2.45) is 11.8 Å². The zero-order valence-electron chi connectivity index (χ0n) is 33.5. The molecule has 0 N–H and O–H groups in total. The van der Waals surface area contributed by atoms with Gasteiger partial charge in [-0.1, -0.05) is 170 Å².